The number of hydrogen-bond acceptors (Lipinski definition) is 3. The lowest BCUT2D eigenvalue weighted by atomic mass is 10.1. The Bertz CT molecular complexity index is 344. The van der Waals surface area contributed by atoms with Crippen LogP contribution < -0.4 is 4.90 Å². The van der Waals surface area contributed by atoms with Gasteiger partial charge in [0.1, 0.15) is 5.82 Å². The number of anilines is 1. The highest BCUT2D eigenvalue weighted by Gasteiger charge is 2.07. The van der Waals surface area contributed by atoms with Gasteiger partial charge in [-0.05, 0) is 37.5 Å². The largest absolute Gasteiger partial charge is 0.396 e. The molecule has 96 valence electrons. The first kappa shape index (κ1) is 13.9. The highest BCUT2D eigenvalue weighted by molar-refractivity contribution is 5.52. The van der Waals surface area contributed by atoms with Gasteiger partial charge in [0.2, 0.25) is 0 Å². The van der Waals surface area contributed by atoms with Gasteiger partial charge in [-0.15, -0.1) is 0 Å². The molecule has 0 saturated heterocycles. The van der Waals surface area contributed by atoms with E-state index in [1.807, 2.05) is 11.9 Å². The van der Waals surface area contributed by atoms with Crippen molar-refractivity contribution in [2.45, 2.75) is 25.9 Å². The van der Waals surface area contributed by atoms with E-state index < -0.39 is 0 Å². The van der Waals surface area contributed by atoms with Gasteiger partial charge in [0.25, 0.3) is 0 Å². The van der Waals surface area contributed by atoms with Crippen LogP contribution in [0.1, 0.15) is 24.8 Å². The fourth-order valence-corrected chi connectivity index (χ4v) is 1.81. The Morgan fingerprint density at radius 3 is 2.59 bits per heavy atom. The van der Waals surface area contributed by atoms with Gasteiger partial charge < -0.3 is 15.1 Å². The second kappa shape index (κ2) is 7.25. The van der Waals surface area contributed by atoms with Gasteiger partial charge in [-0.2, -0.15) is 0 Å². The van der Waals surface area contributed by atoms with Crippen LogP contribution in [0.25, 0.3) is 0 Å². The molecule has 0 spiro atoms. The number of aliphatic hydroxyl groups excluding tert-OH is 2. The maximum atomic E-state index is 13.0. The van der Waals surface area contributed by atoms with Crippen LogP contribution in [0.5, 0.6) is 0 Å². The Hall–Kier alpha value is -1.13. The third kappa shape index (κ3) is 4.32. The Kier molecular flexibility index (Phi) is 5.94. The normalized spacial score (nSPS) is 10.6. The molecule has 0 heterocycles. The van der Waals surface area contributed by atoms with E-state index in [1.165, 1.54) is 12.1 Å². The van der Waals surface area contributed by atoms with E-state index in [-0.39, 0.29) is 19.0 Å². The molecular formula is C13H20FNO2. The van der Waals surface area contributed by atoms with Gasteiger partial charge in [0.15, 0.2) is 0 Å². The van der Waals surface area contributed by atoms with Crippen LogP contribution in [0.3, 0.4) is 0 Å². The second-order valence-corrected chi connectivity index (χ2v) is 4.14. The number of nitrogens with zero attached hydrogens (tertiary/aromatic N) is 1. The van der Waals surface area contributed by atoms with Crippen molar-refractivity contribution in [3.63, 3.8) is 0 Å². The summed E-state index contributed by atoms with van der Waals surface area (Å²) in [5.41, 5.74) is 1.47. The smallest absolute Gasteiger partial charge is 0.123 e. The number of halogens is 1. The maximum Gasteiger partial charge on any atom is 0.123 e. The molecule has 0 amide bonds. The van der Waals surface area contributed by atoms with Crippen molar-refractivity contribution in [1.29, 1.82) is 0 Å². The summed E-state index contributed by atoms with van der Waals surface area (Å²) in [5, 5.41) is 17.8. The third-order valence-electron chi connectivity index (χ3n) is 2.77. The van der Waals surface area contributed by atoms with Gasteiger partial charge in [-0.3, -0.25) is 0 Å². The van der Waals surface area contributed by atoms with Crippen LogP contribution in [0.15, 0.2) is 18.2 Å². The minimum Gasteiger partial charge on any atom is -0.396 e. The summed E-state index contributed by atoms with van der Waals surface area (Å²) in [7, 11) is 1.92. The van der Waals surface area contributed by atoms with E-state index in [2.05, 4.69) is 0 Å². The molecule has 0 aromatic heterocycles. The molecule has 0 aliphatic carbocycles. The lowest BCUT2D eigenvalue weighted by molar-refractivity contribution is 0.281. The zero-order chi connectivity index (χ0) is 12.7. The van der Waals surface area contributed by atoms with Crippen LogP contribution in [0, 0.1) is 5.82 Å². The van der Waals surface area contributed by atoms with Crippen LogP contribution in [0.4, 0.5) is 10.1 Å². The van der Waals surface area contributed by atoms with Crippen LogP contribution >= 0.6 is 0 Å². The van der Waals surface area contributed by atoms with E-state index in [1.54, 1.807) is 6.07 Å². The van der Waals surface area contributed by atoms with E-state index in [0.29, 0.717) is 5.56 Å². The van der Waals surface area contributed by atoms with Crippen LogP contribution in [-0.2, 0) is 6.61 Å². The van der Waals surface area contributed by atoms with Crippen molar-refractivity contribution in [1.82, 2.24) is 0 Å². The zero-order valence-corrected chi connectivity index (χ0v) is 10.2. The first-order valence-corrected chi connectivity index (χ1v) is 5.90. The molecule has 0 radical (unpaired) electrons. The summed E-state index contributed by atoms with van der Waals surface area (Å²) in [6.45, 7) is 0.898. The minimum absolute atomic E-state index is 0.159. The first-order valence-electron chi connectivity index (χ1n) is 5.90. The topological polar surface area (TPSA) is 43.7 Å². The van der Waals surface area contributed by atoms with Gasteiger partial charge >= 0.3 is 0 Å². The summed E-state index contributed by atoms with van der Waals surface area (Å²) < 4.78 is 13.0. The number of benzene rings is 1. The van der Waals surface area contributed by atoms with Crippen molar-refractivity contribution < 1.29 is 14.6 Å². The maximum absolute atomic E-state index is 13.0. The lowest BCUT2D eigenvalue weighted by Gasteiger charge is -2.22. The van der Waals surface area contributed by atoms with E-state index >= 15 is 0 Å². The number of rotatable bonds is 7. The molecule has 0 fully saturated rings. The molecule has 0 aliphatic heterocycles. The molecule has 17 heavy (non-hydrogen) atoms. The first-order chi connectivity index (χ1) is 8.19. The Balaban J connectivity index is 2.58. The number of hydrogen-bond donors (Lipinski definition) is 2. The molecule has 0 unspecified atom stereocenters. The van der Waals surface area contributed by atoms with Gasteiger partial charge in [0.05, 0.1) is 6.61 Å². The summed E-state index contributed by atoms with van der Waals surface area (Å²) in [4.78, 5) is 2.00. The van der Waals surface area contributed by atoms with Crippen LogP contribution in [-0.4, -0.2) is 30.4 Å². The van der Waals surface area contributed by atoms with Crippen molar-refractivity contribution in [3.8, 4) is 0 Å². The SMILES string of the molecule is CN(CCCCCO)c1ccc(F)cc1CO. The molecule has 1 aromatic rings. The summed E-state index contributed by atoms with van der Waals surface area (Å²) >= 11 is 0. The molecular weight excluding hydrogens is 221 g/mol. The second-order valence-electron chi connectivity index (χ2n) is 4.14. The third-order valence-corrected chi connectivity index (χ3v) is 2.77. The molecule has 0 atom stereocenters. The molecule has 2 N–H and O–H groups in total. The molecule has 1 rings (SSSR count). The predicted octanol–water partition coefficient (Wildman–Crippen LogP) is 1.92. The van der Waals surface area contributed by atoms with Gasteiger partial charge in [-0.1, -0.05) is 0 Å². The minimum atomic E-state index is -0.327. The quantitative estimate of drug-likeness (QED) is 0.717. The van der Waals surface area contributed by atoms with Crippen molar-refractivity contribution in [2.24, 2.45) is 0 Å². The Labute approximate surface area is 101 Å². The fraction of sp³-hybridized carbons (Fsp3) is 0.538. The molecule has 1 aromatic carbocycles. The number of unbranched alkanes of at least 4 members (excludes halogenated alkanes) is 2. The van der Waals surface area contributed by atoms with E-state index in [9.17, 15) is 9.50 Å². The van der Waals surface area contributed by atoms with Crippen molar-refractivity contribution >= 4 is 5.69 Å². The fourth-order valence-electron chi connectivity index (χ4n) is 1.81. The Morgan fingerprint density at radius 2 is 1.94 bits per heavy atom. The zero-order valence-electron chi connectivity index (χ0n) is 10.2. The summed E-state index contributed by atoms with van der Waals surface area (Å²) in [6.07, 6.45) is 2.75. The monoisotopic (exact) mass is 241 g/mol. The highest BCUT2D eigenvalue weighted by Crippen LogP contribution is 2.21. The predicted molar refractivity (Wildman–Crippen MR) is 66.5 cm³/mol. The van der Waals surface area contributed by atoms with Crippen LogP contribution in [0.2, 0.25) is 0 Å². The summed E-state index contributed by atoms with van der Waals surface area (Å²) in [6, 6.07) is 4.45. The van der Waals surface area contributed by atoms with Gasteiger partial charge in [-0.25, -0.2) is 4.39 Å². The molecule has 0 bridgehead atoms. The standard InChI is InChI=1S/C13H20FNO2/c1-15(7-3-2-4-8-16)13-6-5-12(14)9-11(13)10-17/h5-6,9,16-17H,2-4,7-8,10H2,1H3. The Morgan fingerprint density at radius 1 is 1.18 bits per heavy atom. The molecule has 0 aliphatic rings. The van der Waals surface area contributed by atoms with E-state index in [0.717, 1.165) is 31.5 Å². The van der Waals surface area contributed by atoms with E-state index in [4.69, 9.17) is 5.11 Å². The summed E-state index contributed by atoms with van der Waals surface area (Å²) in [5.74, 6) is -0.327. The number of aliphatic hydroxyl groups is 2. The average molecular weight is 241 g/mol. The molecule has 0 saturated carbocycles. The molecule has 3 nitrogen and oxygen atoms in total. The van der Waals surface area contributed by atoms with Crippen molar-refractivity contribution in [3.05, 3.63) is 29.6 Å². The highest BCUT2D eigenvalue weighted by atomic mass is 19.1. The van der Waals surface area contributed by atoms with Crippen molar-refractivity contribution in [2.75, 3.05) is 25.1 Å². The lowest BCUT2D eigenvalue weighted by Crippen LogP contribution is -2.20. The van der Waals surface area contributed by atoms with Gasteiger partial charge in [0, 0.05) is 31.5 Å². The molecule has 4 heteroatoms. The average Bonchev–Trinajstić information content (AvgIpc) is 2.34.